The van der Waals surface area contributed by atoms with E-state index >= 15 is 0 Å². The molecule has 6 nitrogen and oxygen atoms in total. The molecular formula is C14H16Cl2N4O2. The van der Waals surface area contributed by atoms with Crippen LogP contribution < -0.4 is 5.32 Å². The number of aromatic nitrogens is 3. The van der Waals surface area contributed by atoms with E-state index in [0.29, 0.717) is 28.0 Å². The van der Waals surface area contributed by atoms with Crippen LogP contribution in [0.2, 0.25) is 10.0 Å². The lowest BCUT2D eigenvalue weighted by molar-refractivity contribution is -0.140. The Morgan fingerprint density at radius 1 is 1.41 bits per heavy atom. The smallest absolute Gasteiger partial charge is 0.320 e. The highest BCUT2D eigenvalue weighted by molar-refractivity contribution is 6.43. The summed E-state index contributed by atoms with van der Waals surface area (Å²) >= 11 is 12.1. The third-order valence-electron chi connectivity index (χ3n) is 3.15. The highest BCUT2D eigenvalue weighted by atomic mass is 35.5. The van der Waals surface area contributed by atoms with Gasteiger partial charge in [0, 0.05) is 6.54 Å². The molecule has 1 aromatic carbocycles. The summed E-state index contributed by atoms with van der Waals surface area (Å²) in [6.07, 6.45) is 1.68. The number of hydrogen-bond acceptors (Lipinski definition) is 4. The monoisotopic (exact) mass is 342 g/mol. The summed E-state index contributed by atoms with van der Waals surface area (Å²) in [5, 5.41) is 20.9. The van der Waals surface area contributed by atoms with Gasteiger partial charge in [0.1, 0.15) is 6.04 Å². The van der Waals surface area contributed by atoms with Crippen LogP contribution in [0.1, 0.15) is 19.5 Å². The topological polar surface area (TPSA) is 80.0 Å². The summed E-state index contributed by atoms with van der Waals surface area (Å²) in [4.78, 5) is 11.1. The minimum Gasteiger partial charge on any atom is -0.480 e. The van der Waals surface area contributed by atoms with E-state index in [2.05, 4.69) is 15.6 Å². The first kappa shape index (κ1) is 16.7. The van der Waals surface area contributed by atoms with Gasteiger partial charge >= 0.3 is 5.97 Å². The summed E-state index contributed by atoms with van der Waals surface area (Å²) in [6, 6.07) is 4.59. The van der Waals surface area contributed by atoms with Crippen LogP contribution in [-0.2, 0) is 11.3 Å². The molecule has 0 amide bonds. The SMILES string of the molecule is CC(C)[C@H](NCc1cn(-c2cccc(Cl)c2Cl)nn1)C(=O)O. The van der Waals surface area contributed by atoms with Gasteiger partial charge in [-0.3, -0.25) is 10.1 Å². The maximum absolute atomic E-state index is 11.1. The third kappa shape index (κ3) is 3.76. The molecule has 1 aromatic heterocycles. The van der Waals surface area contributed by atoms with E-state index in [-0.39, 0.29) is 5.92 Å². The van der Waals surface area contributed by atoms with E-state index in [4.69, 9.17) is 28.3 Å². The Hall–Kier alpha value is -1.63. The maximum Gasteiger partial charge on any atom is 0.320 e. The number of carboxylic acids is 1. The van der Waals surface area contributed by atoms with Gasteiger partial charge < -0.3 is 5.11 Å². The molecule has 0 fully saturated rings. The average molecular weight is 343 g/mol. The normalized spacial score (nSPS) is 12.6. The van der Waals surface area contributed by atoms with E-state index in [1.165, 1.54) is 4.68 Å². The van der Waals surface area contributed by atoms with Crippen molar-refractivity contribution in [3.05, 3.63) is 40.1 Å². The van der Waals surface area contributed by atoms with E-state index in [0.717, 1.165) is 0 Å². The zero-order chi connectivity index (χ0) is 16.3. The van der Waals surface area contributed by atoms with Gasteiger partial charge in [0.25, 0.3) is 0 Å². The van der Waals surface area contributed by atoms with Crippen molar-refractivity contribution in [1.29, 1.82) is 0 Å². The standard InChI is InChI=1S/C14H16Cl2N4O2/c1-8(2)13(14(21)22)17-6-9-7-20(19-18-9)11-5-3-4-10(15)12(11)16/h3-5,7-8,13,17H,6H2,1-2H3,(H,21,22)/t13-/m0/s1. The van der Waals surface area contributed by atoms with Crippen LogP contribution in [0.3, 0.4) is 0 Å². The Labute approximate surface area is 138 Å². The molecule has 0 unspecified atom stereocenters. The molecule has 0 aliphatic rings. The lowest BCUT2D eigenvalue weighted by Crippen LogP contribution is -2.40. The molecule has 0 bridgehead atoms. The Morgan fingerprint density at radius 3 is 2.77 bits per heavy atom. The van der Waals surface area contributed by atoms with Crippen LogP contribution in [0, 0.1) is 5.92 Å². The largest absolute Gasteiger partial charge is 0.480 e. The average Bonchev–Trinajstić information content (AvgIpc) is 2.90. The van der Waals surface area contributed by atoms with Crippen molar-refractivity contribution in [3.8, 4) is 5.69 Å². The molecule has 118 valence electrons. The van der Waals surface area contributed by atoms with Crippen LogP contribution in [-0.4, -0.2) is 32.1 Å². The number of nitrogens with one attached hydrogen (secondary N) is 1. The fourth-order valence-electron chi connectivity index (χ4n) is 1.99. The number of carbonyl (C=O) groups is 1. The van der Waals surface area contributed by atoms with Crippen LogP contribution in [0.4, 0.5) is 0 Å². The van der Waals surface area contributed by atoms with Gasteiger partial charge in [0.05, 0.1) is 27.6 Å². The third-order valence-corrected chi connectivity index (χ3v) is 3.96. The predicted octanol–water partition coefficient (Wildman–Crippen LogP) is 2.77. The maximum atomic E-state index is 11.1. The van der Waals surface area contributed by atoms with Gasteiger partial charge in [0.15, 0.2) is 0 Å². The van der Waals surface area contributed by atoms with Crippen molar-refractivity contribution >= 4 is 29.2 Å². The predicted molar refractivity (Wildman–Crippen MR) is 84.5 cm³/mol. The molecule has 2 aromatic rings. The van der Waals surface area contributed by atoms with E-state index in [9.17, 15) is 4.79 Å². The summed E-state index contributed by atoms with van der Waals surface area (Å²) < 4.78 is 1.51. The molecule has 0 aliphatic heterocycles. The van der Waals surface area contributed by atoms with Crippen LogP contribution in [0.5, 0.6) is 0 Å². The number of hydrogen-bond donors (Lipinski definition) is 2. The van der Waals surface area contributed by atoms with Crippen molar-refractivity contribution in [2.24, 2.45) is 5.92 Å². The molecule has 22 heavy (non-hydrogen) atoms. The highest BCUT2D eigenvalue weighted by Gasteiger charge is 2.21. The zero-order valence-corrected chi connectivity index (χ0v) is 13.6. The van der Waals surface area contributed by atoms with E-state index in [1.54, 1.807) is 24.4 Å². The van der Waals surface area contributed by atoms with Gasteiger partial charge in [-0.15, -0.1) is 5.10 Å². The summed E-state index contributed by atoms with van der Waals surface area (Å²) in [5.74, 6) is -0.921. The molecule has 0 saturated carbocycles. The number of halogens is 2. The molecule has 0 spiro atoms. The van der Waals surface area contributed by atoms with Gasteiger partial charge in [-0.2, -0.15) is 0 Å². The van der Waals surface area contributed by atoms with Crippen LogP contribution in [0.15, 0.2) is 24.4 Å². The first-order valence-electron chi connectivity index (χ1n) is 6.72. The molecular weight excluding hydrogens is 327 g/mol. The molecule has 1 atom stereocenters. The molecule has 8 heteroatoms. The minimum atomic E-state index is -0.889. The van der Waals surface area contributed by atoms with Crippen molar-refractivity contribution in [2.45, 2.75) is 26.4 Å². The number of rotatable bonds is 6. The lowest BCUT2D eigenvalue weighted by atomic mass is 10.1. The van der Waals surface area contributed by atoms with E-state index < -0.39 is 12.0 Å². The van der Waals surface area contributed by atoms with Crippen molar-refractivity contribution < 1.29 is 9.90 Å². The van der Waals surface area contributed by atoms with Crippen molar-refractivity contribution in [1.82, 2.24) is 20.3 Å². The van der Waals surface area contributed by atoms with Gasteiger partial charge in [-0.05, 0) is 18.1 Å². The minimum absolute atomic E-state index is 0.0325. The summed E-state index contributed by atoms with van der Waals surface area (Å²) in [6.45, 7) is 3.98. The van der Waals surface area contributed by atoms with E-state index in [1.807, 2.05) is 13.8 Å². The molecule has 2 rings (SSSR count). The van der Waals surface area contributed by atoms with Gasteiger partial charge in [0.2, 0.25) is 0 Å². The van der Waals surface area contributed by atoms with Crippen molar-refractivity contribution in [2.75, 3.05) is 0 Å². The fourth-order valence-corrected chi connectivity index (χ4v) is 2.37. The van der Waals surface area contributed by atoms with Gasteiger partial charge in [-0.25, -0.2) is 4.68 Å². The zero-order valence-electron chi connectivity index (χ0n) is 12.1. The van der Waals surface area contributed by atoms with Crippen molar-refractivity contribution in [3.63, 3.8) is 0 Å². The summed E-state index contributed by atoms with van der Waals surface area (Å²) in [5.41, 5.74) is 1.23. The Balaban J connectivity index is 2.12. The number of nitrogens with zero attached hydrogens (tertiary/aromatic N) is 3. The summed E-state index contributed by atoms with van der Waals surface area (Å²) in [7, 11) is 0. The Bertz CT molecular complexity index is 673. The Kier molecular flexibility index (Phi) is 5.39. The quantitative estimate of drug-likeness (QED) is 0.843. The molecule has 1 heterocycles. The number of aliphatic carboxylic acids is 1. The van der Waals surface area contributed by atoms with Crippen LogP contribution >= 0.6 is 23.2 Å². The first-order chi connectivity index (χ1) is 10.4. The number of carboxylic acid groups (broad SMARTS) is 1. The fraction of sp³-hybridized carbons (Fsp3) is 0.357. The second-order valence-corrected chi connectivity index (χ2v) is 5.95. The second-order valence-electron chi connectivity index (χ2n) is 5.17. The molecule has 0 radical (unpaired) electrons. The van der Waals surface area contributed by atoms with Crippen LogP contribution in [0.25, 0.3) is 5.69 Å². The molecule has 2 N–H and O–H groups in total. The Morgan fingerprint density at radius 2 is 2.14 bits per heavy atom. The second kappa shape index (κ2) is 7.09. The highest BCUT2D eigenvalue weighted by Crippen LogP contribution is 2.27. The lowest BCUT2D eigenvalue weighted by Gasteiger charge is -2.16. The molecule has 0 aliphatic carbocycles. The molecule has 0 saturated heterocycles. The first-order valence-corrected chi connectivity index (χ1v) is 7.47. The van der Waals surface area contributed by atoms with Gasteiger partial charge in [-0.1, -0.05) is 48.3 Å². The number of benzene rings is 1.